The number of ether oxygens (including phenoxy) is 1. The van der Waals surface area contributed by atoms with E-state index in [-0.39, 0.29) is 24.1 Å². The van der Waals surface area contributed by atoms with Crippen LogP contribution in [0, 0.1) is 11.3 Å². The van der Waals surface area contributed by atoms with Gasteiger partial charge in [-0.1, -0.05) is 35.9 Å². The molecule has 2 heterocycles. The van der Waals surface area contributed by atoms with Crippen LogP contribution < -0.4 is 10.1 Å². The van der Waals surface area contributed by atoms with E-state index in [1.165, 1.54) is 17.0 Å². The van der Waals surface area contributed by atoms with Gasteiger partial charge < -0.3 is 20.1 Å². The topological polar surface area (TPSA) is 135 Å². The van der Waals surface area contributed by atoms with Gasteiger partial charge in [0.05, 0.1) is 34.9 Å². The molecule has 2 N–H and O–H groups in total. The van der Waals surface area contributed by atoms with Crippen LogP contribution in [0.3, 0.4) is 0 Å². The van der Waals surface area contributed by atoms with Crippen LogP contribution in [0.25, 0.3) is 0 Å². The van der Waals surface area contributed by atoms with Gasteiger partial charge in [-0.25, -0.2) is 9.59 Å². The summed E-state index contributed by atoms with van der Waals surface area (Å²) in [4.78, 5) is 46.3. The van der Waals surface area contributed by atoms with Gasteiger partial charge >= 0.3 is 12.0 Å². The SMILES string of the molecule is CC(C)Oc1cc(C#N)ccc1C1=N[C@@H](c2ccc(Cl)cc2)[C@@H](c2ccc(C(=O)O)cc2)N1C(=O)N1CCNC(=O)C1. The van der Waals surface area contributed by atoms with Crippen LogP contribution in [0.15, 0.2) is 71.7 Å². The van der Waals surface area contributed by atoms with Gasteiger partial charge in [0.1, 0.15) is 24.2 Å². The summed E-state index contributed by atoms with van der Waals surface area (Å²) in [5.74, 6) is -0.655. The number of benzene rings is 3. The van der Waals surface area contributed by atoms with Crippen molar-refractivity contribution in [2.24, 2.45) is 4.99 Å². The Balaban J connectivity index is 1.72. The van der Waals surface area contributed by atoms with E-state index in [1.807, 2.05) is 26.0 Å². The molecule has 3 aromatic rings. The number of urea groups is 1. The van der Waals surface area contributed by atoms with E-state index in [0.29, 0.717) is 46.4 Å². The summed E-state index contributed by atoms with van der Waals surface area (Å²) in [6, 6.07) is 18.8. The monoisotopic (exact) mass is 585 g/mol. The largest absolute Gasteiger partial charge is 0.490 e. The maximum absolute atomic E-state index is 14.4. The quantitative estimate of drug-likeness (QED) is 0.427. The van der Waals surface area contributed by atoms with Crippen molar-refractivity contribution >= 4 is 35.3 Å². The molecule has 42 heavy (non-hydrogen) atoms. The van der Waals surface area contributed by atoms with Crippen molar-refractivity contribution in [3.63, 3.8) is 0 Å². The van der Waals surface area contributed by atoms with Crippen LogP contribution in [0.2, 0.25) is 5.02 Å². The minimum absolute atomic E-state index is 0.103. The molecule has 5 rings (SSSR count). The Morgan fingerprint density at radius 2 is 1.79 bits per heavy atom. The van der Waals surface area contributed by atoms with Crippen LogP contribution in [0.1, 0.15) is 58.5 Å². The highest BCUT2D eigenvalue weighted by atomic mass is 35.5. The fraction of sp³-hybridized carbons (Fsp3) is 0.258. The highest BCUT2D eigenvalue weighted by Gasteiger charge is 2.45. The summed E-state index contributed by atoms with van der Waals surface area (Å²) in [6.45, 7) is 4.20. The number of carbonyl (C=O) groups is 3. The Morgan fingerprint density at radius 3 is 2.40 bits per heavy atom. The number of nitrogens with one attached hydrogen (secondary N) is 1. The average molecular weight is 586 g/mol. The molecule has 2 aliphatic heterocycles. The Bertz CT molecular complexity index is 1600. The Morgan fingerprint density at radius 1 is 1.10 bits per heavy atom. The zero-order valence-electron chi connectivity index (χ0n) is 23.0. The first-order chi connectivity index (χ1) is 20.2. The van der Waals surface area contributed by atoms with E-state index in [0.717, 1.165) is 5.56 Å². The van der Waals surface area contributed by atoms with Crippen molar-refractivity contribution in [1.29, 1.82) is 5.26 Å². The number of hydrogen-bond donors (Lipinski definition) is 2. The van der Waals surface area contributed by atoms with Crippen molar-refractivity contribution in [1.82, 2.24) is 15.1 Å². The number of hydrogen-bond acceptors (Lipinski definition) is 6. The van der Waals surface area contributed by atoms with Crippen molar-refractivity contribution in [3.05, 3.63) is 99.6 Å². The first-order valence-electron chi connectivity index (χ1n) is 13.4. The van der Waals surface area contributed by atoms with Crippen LogP contribution >= 0.6 is 11.6 Å². The Kier molecular flexibility index (Phi) is 8.13. The summed E-state index contributed by atoms with van der Waals surface area (Å²) in [5, 5.41) is 22.3. The second kappa shape index (κ2) is 11.9. The number of amidine groups is 1. The molecular formula is C31H28ClN5O5. The molecule has 10 nitrogen and oxygen atoms in total. The second-order valence-corrected chi connectivity index (χ2v) is 10.7. The molecule has 0 bridgehead atoms. The fourth-order valence-electron chi connectivity index (χ4n) is 5.10. The highest BCUT2D eigenvalue weighted by molar-refractivity contribution is 6.30. The maximum Gasteiger partial charge on any atom is 0.335 e. The smallest absolute Gasteiger partial charge is 0.335 e. The van der Waals surface area contributed by atoms with E-state index in [2.05, 4.69) is 11.4 Å². The molecule has 214 valence electrons. The molecule has 0 aliphatic carbocycles. The van der Waals surface area contributed by atoms with Gasteiger partial charge in [-0.2, -0.15) is 5.26 Å². The first kappa shape index (κ1) is 28.6. The number of carboxylic acids is 1. The lowest BCUT2D eigenvalue weighted by Gasteiger charge is -2.36. The fourth-order valence-corrected chi connectivity index (χ4v) is 5.23. The number of rotatable bonds is 6. The van der Waals surface area contributed by atoms with Crippen molar-refractivity contribution in [2.75, 3.05) is 19.6 Å². The van der Waals surface area contributed by atoms with E-state index in [1.54, 1.807) is 47.4 Å². The molecular weight excluding hydrogens is 558 g/mol. The van der Waals surface area contributed by atoms with E-state index in [4.69, 9.17) is 21.3 Å². The van der Waals surface area contributed by atoms with Crippen LogP contribution in [0.5, 0.6) is 5.75 Å². The molecule has 3 aromatic carbocycles. The predicted molar refractivity (Wildman–Crippen MR) is 156 cm³/mol. The van der Waals surface area contributed by atoms with Crippen molar-refractivity contribution in [3.8, 4) is 11.8 Å². The highest BCUT2D eigenvalue weighted by Crippen LogP contribution is 2.45. The summed E-state index contributed by atoms with van der Waals surface area (Å²) in [5.41, 5.74) is 2.41. The van der Waals surface area contributed by atoms with Crippen LogP contribution in [-0.4, -0.2) is 64.4 Å². The molecule has 0 unspecified atom stereocenters. The average Bonchev–Trinajstić information content (AvgIpc) is 3.37. The summed E-state index contributed by atoms with van der Waals surface area (Å²) < 4.78 is 6.10. The molecule has 0 saturated carbocycles. The number of halogens is 1. The molecule has 2 aliphatic rings. The van der Waals surface area contributed by atoms with Crippen LogP contribution in [-0.2, 0) is 4.79 Å². The molecule has 0 aromatic heterocycles. The Labute approximate surface area is 247 Å². The van der Waals surface area contributed by atoms with Gasteiger partial charge in [-0.15, -0.1) is 0 Å². The van der Waals surface area contributed by atoms with Gasteiger partial charge in [-0.05, 0) is 67.4 Å². The van der Waals surface area contributed by atoms with Crippen molar-refractivity contribution < 1.29 is 24.2 Å². The van der Waals surface area contributed by atoms with E-state index >= 15 is 0 Å². The number of aliphatic imine (C=N–C) groups is 1. The Hall–Kier alpha value is -4.88. The van der Waals surface area contributed by atoms with Gasteiger partial charge in [-0.3, -0.25) is 14.7 Å². The molecule has 11 heteroatoms. The number of piperazine rings is 1. The third-order valence-corrected chi connectivity index (χ3v) is 7.26. The molecule has 3 amide bonds. The number of amides is 3. The summed E-state index contributed by atoms with van der Waals surface area (Å²) >= 11 is 6.19. The minimum Gasteiger partial charge on any atom is -0.490 e. The number of nitriles is 1. The van der Waals surface area contributed by atoms with Gasteiger partial charge in [0.2, 0.25) is 5.91 Å². The van der Waals surface area contributed by atoms with Gasteiger partial charge in [0.15, 0.2) is 0 Å². The van der Waals surface area contributed by atoms with Gasteiger partial charge in [0.25, 0.3) is 0 Å². The third kappa shape index (κ3) is 5.78. The van der Waals surface area contributed by atoms with Gasteiger partial charge in [0, 0.05) is 18.1 Å². The molecule has 0 radical (unpaired) electrons. The predicted octanol–water partition coefficient (Wildman–Crippen LogP) is 4.79. The normalized spacial score (nSPS) is 18.4. The van der Waals surface area contributed by atoms with Crippen molar-refractivity contribution in [2.45, 2.75) is 32.0 Å². The second-order valence-electron chi connectivity index (χ2n) is 10.2. The standard InChI is InChI=1S/C31H28ClN5O5/c1-18(2)42-25-15-19(16-33)3-12-24(25)29-35-27(20-8-10-23(32)11-9-20)28(21-4-6-22(7-5-21)30(39)40)37(29)31(41)36-14-13-34-26(38)17-36/h3-12,15,18,27-28H,13-14,17H2,1-2H3,(H,34,38)(H,39,40)/t27-,28+/m0/s1. The zero-order valence-corrected chi connectivity index (χ0v) is 23.7. The zero-order chi connectivity index (χ0) is 30.0. The maximum atomic E-state index is 14.4. The van der Waals surface area contributed by atoms with E-state index in [9.17, 15) is 24.8 Å². The lowest BCUT2D eigenvalue weighted by atomic mass is 9.93. The summed E-state index contributed by atoms with van der Waals surface area (Å²) in [6.07, 6.45) is -0.235. The molecule has 1 saturated heterocycles. The minimum atomic E-state index is -1.07. The first-order valence-corrected chi connectivity index (χ1v) is 13.8. The lowest BCUT2D eigenvalue weighted by molar-refractivity contribution is -0.123. The van der Waals surface area contributed by atoms with E-state index < -0.39 is 24.1 Å². The molecule has 0 spiro atoms. The molecule has 1 fully saturated rings. The number of carbonyl (C=O) groups excluding carboxylic acids is 2. The lowest BCUT2D eigenvalue weighted by Crippen LogP contribution is -2.55. The summed E-state index contributed by atoms with van der Waals surface area (Å²) in [7, 11) is 0. The number of carboxylic acid groups (broad SMARTS) is 1. The number of nitrogens with zero attached hydrogens (tertiary/aromatic N) is 4. The number of aromatic carboxylic acids is 1. The third-order valence-electron chi connectivity index (χ3n) is 7.01. The van der Waals surface area contributed by atoms with Crippen LogP contribution in [0.4, 0.5) is 4.79 Å². The molecule has 2 atom stereocenters.